The van der Waals surface area contributed by atoms with Gasteiger partial charge in [0.15, 0.2) is 17.4 Å². The van der Waals surface area contributed by atoms with Gasteiger partial charge in [-0.15, -0.1) is 0 Å². The van der Waals surface area contributed by atoms with Gasteiger partial charge in [0.25, 0.3) is 0 Å². The second-order valence-electron chi connectivity index (χ2n) is 7.52. The third-order valence-electron chi connectivity index (χ3n) is 5.88. The number of aryl methyl sites for hydroxylation is 1. The van der Waals surface area contributed by atoms with E-state index in [2.05, 4.69) is 0 Å². The van der Waals surface area contributed by atoms with Crippen LogP contribution in [-0.2, 0) is 6.42 Å². The highest BCUT2D eigenvalue weighted by Gasteiger charge is 2.29. The van der Waals surface area contributed by atoms with Crippen LogP contribution in [-0.4, -0.2) is 6.61 Å². The Morgan fingerprint density at radius 1 is 0.960 bits per heavy atom. The highest BCUT2D eigenvalue weighted by molar-refractivity contribution is 5.31. The minimum atomic E-state index is -0.610. The zero-order chi connectivity index (χ0) is 17.8. The normalized spacial score (nSPS) is 27.0. The lowest BCUT2D eigenvalue weighted by Crippen LogP contribution is -2.25. The average molecular weight is 352 g/mol. The highest BCUT2D eigenvalue weighted by Crippen LogP contribution is 2.40. The standard InChI is InChI=1S/C21H27F3O/c1-2-14-11-19(23)21(20(24)12-14)25-13-15-3-5-16(6-4-15)17-7-9-18(22)10-8-17/h9,11-12,15-17H,2-8,10,13H2,1H3/t15-,16-,17?. The number of halogens is 3. The highest BCUT2D eigenvalue weighted by atomic mass is 19.1. The quantitative estimate of drug-likeness (QED) is 0.598. The molecule has 138 valence electrons. The van der Waals surface area contributed by atoms with Crippen LogP contribution in [0.25, 0.3) is 0 Å². The van der Waals surface area contributed by atoms with Crippen molar-refractivity contribution in [1.29, 1.82) is 0 Å². The number of benzene rings is 1. The van der Waals surface area contributed by atoms with Crippen LogP contribution in [0.5, 0.6) is 5.75 Å². The third kappa shape index (κ3) is 4.59. The largest absolute Gasteiger partial charge is 0.487 e. The lowest BCUT2D eigenvalue weighted by Gasteiger charge is -2.34. The van der Waals surface area contributed by atoms with Gasteiger partial charge in [-0.1, -0.05) is 13.0 Å². The molecule has 0 saturated heterocycles. The molecule has 1 aromatic carbocycles. The molecule has 1 nitrogen and oxygen atoms in total. The maximum absolute atomic E-state index is 14.0. The minimum absolute atomic E-state index is 0.0384. The maximum Gasteiger partial charge on any atom is 0.190 e. The van der Waals surface area contributed by atoms with Crippen molar-refractivity contribution >= 4 is 0 Å². The lowest BCUT2D eigenvalue weighted by molar-refractivity contribution is 0.142. The summed E-state index contributed by atoms with van der Waals surface area (Å²) in [5.74, 6) is 0.166. The molecule has 1 aromatic rings. The SMILES string of the molecule is CCc1cc(F)c(OC[C@H]2CC[C@H](C3CC=C(F)CC3)CC2)c(F)c1. The van der Waals surface area contributed by atoms with Crippen molar-refractivity contribution < 1.29 is 17.9 Å². The fourth-order valence-electron chi connectivity index (χ4n) is 4.23. The molecule has 3 rings (SSSR count). The van der Waals surface area contributed by atoms with Gasteiger partial charge in [-0.2, -0.15) is 0 Å². The summed E-state index contributed by atoms with van der Waals surface area (Å²) in [6, 6.07) is 2.70. The van der Waals surface area contributed by atoms with Crippen molar-refractivity contribution in [2.45, 2.75) is 58.3 Å². The first-order valence-corrected chi connectivity index (χ1v) is 9.52. The second-order valence-corrected chi connectivity index (χ2v) is 7.52. The Morgan fingerprint density at radius 2 is 1.64 bits per heavy atom. The molecule has 2 aliphatic carbocycles. The summed E-state index contributed by atoms with van der Waals surface area (Å²) in [4.78, 5) is 0. The molecule has 0 radical (unpaired) electrons. The Hall–Kier alpha value is -1.45. The smallest absolute Gasteiger partial charge is 0.190 e. The molecule has 1 unspecified atom stereocenters. The van der Waals surface area contributed by atoms with Gasteiger partial charge in [0.1, 0.15) is 0 Å². The van der Waals surface area contributed by atoms with Crippen molar-refractivity contribution in [1.82, 2.24) is 0 Å². The van der Waals surface area contributed by atoms with E-state index in [1.54, 1.807) is 6.08 Å². The van der Waals surface area contributed by atoms with Crippen molar-refractivity contribution in [3.05, 3.63) is 41.2 Å². The molecule has 4 heteroatoms. The van der Waals surface area contributed by atoms with E-state index in [0.29, 0.717) is 42.8 Å². The Labute approximate surface area is 148 Å². The summed E-state index contributed by atoms with van der Waals surface area (Å²) >= 11 is 0. The van der Waals surface area contributed by atoms with E-state index in [-0.39, 0.29) is 11.6 Å². The summed E-state index contributed by atoms with van der Waals surface area (Å²) in [5, 5.41) is 0. The van der Waals surface area contributed by atoms with Crippen LogP contribution < -0.4 is 4.74 Å². The second kappa shape index (κ2) is 8.29. The van der Waals surface area contributed by atoms with Gasteiger partial charge in [-0.25, -0.2) is 13.2 Å². The first kappa shape index (κ1) is 18.3. The number of ether oxygens (including phenoxy) is 1. The summed E-state index contributed by atoms with van der Waals surface area (Å²) in [6.45, 7) is 2.23. The van der Waals surface area contributed by atoms with Crippen LogP contribution in [0.2, 0.25) is 0 Å². The van der Waals surface area contributed by atoms with Gasteiger partial charge >= 0.3 is 0 Å². The Morgan fingerprint density at radius 3 is 2.20 bits per heavy atom. The number of allylic oxidation sites excluding steroid dienone is 2. The predicted octanol–water partition coefficient (Wildman–Crippen LogP) is 6.37. The van der Waals surface area contributed by atoms with Gasteiger partial charge in [0, 0.05) is 0 Å². The minimum Gasteiger partial charge on any atom is -0.487 e. The molecule has 0 heterocycles. The van der Waals surface area contributed by atoms with E-state index < -0.39 is 11.6 Å². The summed E-state index contributed by atoms with van der Waals surface area (Å²) < 4.78 is 46.6. The molecular formula is C21H27F3O. The molecule has 0 amide bonds. The Bertz CT molecular complexity index is 595. The Balaban J connectivity index is 1.48. The van der Waals surface area contributed by atoms with Crippen LogP contribution in [0.1, 0.15) is 57.4 Å². The zero-order valence-electron chi connectivity index (χ0n) is 14.9. The van der Waals surface area contributed by atoms with E-state index in [1.807, 2.05) is 6.92 Å². The first-order valence-electron chi connectivity index (χ1n) is 9.52. The predicted molar refractivity (Wildman–Crippen MR) is 93.2 cm³/mol. The van der Waals surface area contributed by atoms with Crippen LogP contribution in [0.15, 0.2) is 24.0 Å². The molecule has 0 N–H and O–H groups in total. The molecule has 25 heavy (non-hydrogen) atoms. The van der Waals surface area contributed by atoms with Gasteiger partial charge < -0.3 is 4.74 Å². The number of hydrogen-bond acceptors (Lipinski definition) is 1. The molecular weight excluding hydrogens is 325 g/mol. The molecule has 0 spiro atoms. The van der Waals surface area contributed by atoms with E-state index in [0.717, 1.165) is 38.5 Å². The zero-order valence-corrected chi connectivity index (χ0v) is 14.9. The first-order chi connectivity index (χ1) is 12.1. The number of hydrogen-bond donors (Lipinski definition) is 0. The van der Waals surface area contributed by atoms with E-state index in [1.165, 1.54) is 12.1 Å². The fourth-order valence-corrected chi connectivity index (χ4v) is 4.23. The molecule has 1 atom stereocenters. The van der Waals surface area contributed by atoms with Crippen LogP contribution in [0.4, 0.5) is 13.2 Å². The molecule has 0 aromatic heterocycles. The molecule has 2 aliphatic rings. The fraction of sp³-hybridized carbons (Fsp3) is 0.619. The molecule has 0 aliphatic heterocycles. The molecule has 0 bridgehead atoms. The topological polar surface area (TPSA) is 9.23 Å². The average Bonchev–Trinajstić information content (AvgIpc) is 2.62. The van der Waals surface area contributed by atoms with Gasteiger partial charge in [-0.05, 0) is 86.8 Å². The number of rotatable bonds is 5. The van der Waals surface area contributed by atoms with Crippen molar-refractivity contribution in [2.24, 2.45) is 17.8 Å². The summed E-state index contributed by atoms with van der Waals surface area (Å²) in [7, 11) is 0. The van der Waals surface area contributed by atoms with Crippen molar-refractivity contribution in [3.8, 4) is 5.75 Å². The summed E-state index contributed by atoms with van der Waals surface area (Å²) in [5.41, 5.74) is 0.640. The van der Waals surface area contributed by atoms with Crippen LogP contribution in [0, 0.1) is 29.4 Å². The van der Waals surface area contributed by atoms with Crippen LogP contribution in [0.3, 0.4) is 0 Å². The van der Waals surface area contributed by atoms with Gasteiger partial charge in [0.2, 0.25) is 0 Å². The van der Waals surface area contributed by atoms with E-state index in [4.69, 9.17) is 4.74 Å². The summed E-state index contributed by atoms with van der Waals surface area (Å²) in [6.07, 6.45) is 8.98. The van der Waals surface area contributed by atoms with Crippen LogP contribution >= 0.6 is 0 Å². The molecule has 1 saturated carbocycles. The maximum atomic E-state index is 14.0. The third-order valence-corrected chi connectivity index (χ3v) is 5.88. The van der Waals surface area contributed by atoms with Crippen molar-refractivity contribution in [2.75, 3.05) is 6.61 Å². The lowest BCUT2D eigenvalue weighted by atomic mass is 9.72. The van der Waals surface area contributed by atoms with Gasteiger partial charge in [-0.3, -0.25) is 0 Å². The van der Waals surface area contributed by atoms with Gasteiger partial charge in [0.05, 0.1) is 12.4 Å². The monoisotopic (exact) mass is 352 g/mol. The van der Waals surface area contributed by atoms with E-state index in [9.17, 15) is 13.2 Å². The molecule has 1 fully saturated rings. The Kier molecular flexibility index (Phi) is 6.08. The van der Waals surface area contributed by atoms with E-state index >= 15 is 0 Å². The van der Waals surface area contributed by atoms with Crippen molar-refractivity contribution in [3.63, 3.8) is 0 Å².